The van der Waals surface area contributed by atoms with E-state index >= 15 is 0 Å². The van der Waals surface area contributed by atoms with Gasteiger partial charge in [0.2, 0.25) is 0 Å². The van der Waals surface area contributed by atoms with E-state index in [0.29, 0.717) is 6.61 Å². The van der Waals surface area contributed by atoms with Crippen molar-refractivity contribution < 1.29 is 14.6 Å². The molecule has 0 amide bonds. The minimum atomic E-state index is -0.973. The molecule has 0 aliphatic carbocycles. The predicted octanol–water partition coefficient (Wildman–Crippen LogP) is 1.07. The Morgan fingerprint density at radius 1 is 1.80 bits per heavy atom. The third-order valence-corrected chi connectivity index (χ3v) is 3.12. The number of anilines is 1. The van der Waals surface area contributed by atoms with Gasteiger partial charge in [0.05, 0.1) is 12.7 Å². The molecule has 0 aromatic carbocycles. The lowest BCUT2D eigenvalue weighted by atomic mass is 10.3. The fraction of sp³-hybridized carbons (Fsp3) is 0.556. The Kier molecular flexibility index (Phi) is 2.88. The van der Waals surface area contributed by atoms with Gasteiger partial charge in [0.25, 0.3) is 0 Å². The van der Waals surface area contributed by atoms with Gasteiger partial charge in [-0.15, -0.1) is 11.3 Å². The third kappa shape index (κ3) is 2.27. The summed E-state index contributed by atoms with van der Waals surface area (Å²) in [6.07, 6.45) is 0.177. The van der Waals surface area contributed by atoms with Gasteiger partial charge in [0.1, 0.15) is 0 Å². The van der Waals surface area contributed by atoms with E-state index in [4.69, 9.17) is 9.84 Å². The number of aromatic carboxylic acids is 1. The molecule has 1 unspecified atom stereocenters. The minimum Gasteiger partial charge on any atom is -0.476 e. The zero-order valence-corrected chi connectivity index (χ0v) is 9.16. The lowest BCUT2D eigenvalue weighted by Crippen LogP contribution is -2.41. The van der Waals surface area contributed by atoms with Crippen molar-refractivity contribution in [1.82, 2.24) is 4.98 Å². The first-order valence-electron chi connectivity index (χ1n) is 4.72. The molecule has 1 aliphatic rings. The molecular formula is C9H12N2O3S. The van der Waals surface area contributed by atoms with Gasteiger partial charge in [-0.1, -0.05) is 0 Å². The van der Waals surface area contributed by atoms with Crippen LogP contribution in [0.25, 0.3) is 0 Å². The van der Waals surface area contributed by atoms with E-state index < -0.39 is 5.97 Å². The smallest absolute Gasteiger partial charge is 0.355 e. The van der Waals surface area contributed by atoms with Crippen LogP contribution in [0, 0.1) is 0 Å². The van der Waals surface area contributed by atoms with E-state index in [2.05, 4.69) is 9.88 Å². The molecule has 5 nitrogen and oxygen atoms in total. The Hall–Kier alpha value is -1.14. The van der Waals surface area contributed by atoms with Gasteiger partial charge < -0.3 is 14.7 Å². The molecule has 82 valence electrons. The van der Waals surface area contributed by atoms with E-state index in [9.17, 15) is 4.79 Å². The van der Waals surface area contributed by atoms with Gasteiger partial charge in [-0.2, -0.15) is 0 Å². The van der Waals surface area contributed by atoms with Gasteiger partial charge in [-0.05, 0) is 6.92 Å². The monoisotopic (exact) mass is 228 g/mol. The van der Waals surface area contributed by atoms with E-state index in [0.717, 1.165) is 18.2 Å². The Morgan fingerprint density at radius 3 is 3.20 bits per heavy atom. The first-order chi connectivity index (χ1) is 7.16. The first kappa shape index (κ1) is 10.4. The minimum absolute atomic E-state index is 0.120. The topological polar surface area (TPSA) is 62.7 Å². The van der Waals surface area contributed by atoms with Crippen molar-refractivity contribution in [3.05, 3.63) is 11.1 Å². The van der Waals surface area contributed by atoms with Crippen molar-refractivity contribution in [3.63, 3.8) is 0 Å². The number of hydrogen-bond acceptors (Lipinski definition) is 5. The quantitative estimate of drug-likeness (QED) is 0.820. The number of carboxylic acids is 1. The Morgan fingerprint density at radius 2 is 2.60 bits per heavy atom. The van der Waals surface area contributed by atoms with Crippen molar-refractivity contribution in [1.29, 1.82) is 0 Å². The van der Waals surface area contributed by atoms with Crippen molar-refractivity contribution >= 4 is 22.4 Å². The molecule has 2 heterocycles. The lowest BCUT2D eigenvalue weighted by molar-refractivity contribution is 0.0532. The van der Waals surface area contributed by atoms with Crippen molar-refractivity contribution in [2.75, 3.05) is 24.6 Å². The van der Waals surface area contributed by atoms with Gasteiger partial charge in [0.15, 0.2) is 10.8 Å². The molecule has 1 saturated heterocycles. The molecule has 0 saturated carbocycles. The number of ether oxygens (including phenoxy) is 1. The van der Waals surface area contributed by atoms with Gasteiger partial charge >= 0.3 is 5.97 Å². The zero-order chi connectivity index (χ0) is 10.8. The fourth-order valence-corrected chi connectivity index (χ4v) is 2.34. The largest absolute Gasteiger partial charge is 0.476 e. The Labute approximate surface area is 91.3 Å². The normalized spacial score (nSPS) is 21.7. The van der Waals surface area contributed by atoms with E-state index in [1.807, 2.05) is 6.92 Å². The summed E-state index contributed by atoms with van der Waals surface area (Å²) < 4.78 is 5.40. The molecule has 1 aliphatic heterocycles. The van der Waals surface area contributed by atoms with Crippen molar-refractivity contribution in [3.8, 4) is 0 Å². The standard InChI is InChI=1S/C9H12N2O3S/c1-6-4-11(2-3-14-6)9-10-7(5-15-9)8(12)13/h5-6H,2-4H2,1H3,(H,12,13). The summed E-state index contributed by atoms with van der Waals surface area (Å²) in [6.45, 7) is 4.21. The Balaban J connectivity index is 2.11. The van der Waals surface area contributed by atoms with Gasteiger partial charge in [0, 0.05) is 18.5 Å². The predicted molar refractivity (Wildman–Crippen MR) is 56.7 cm³/mol. The second kappa shape index (κ2) is 4.16. The second-order valence-electron chi connectivity index (χ2n) is 3.45. The molecule has 0 radical (unpaired) electrons. The highest BCUT2D eigenvalue weighted by molar-refractivity contribution is 7.13. The number of carbonyl (C=O) groups is 1. The van der Waals surface area contributed by atoms with Crippen LogP contribution in [0.5, 0.6) is 0 Å². The van der Waals surface area contributed by atoms with Crippen LogP contribution in [0.1, 0.15) is 17.4 Å². The van der Waals surface area contributed by atoms with E-state index in [-0.39, 0.29) is 11.8 Å². The second-order valence-corrected chi connectivity index (χ2v) is 4.28. The molecule has 1 N–H and O–H groups in total. The molecule has 0 bridgehead atoms. The average Bonchev–Trinajstić information content (AvgIpc) is 2.66. The highest BCUT2D eigenvalue weighted by Gasteiger charge is 2.20. The summed E-state index contributed by atoms with van der Waals surface area (Å²) in [5, 5.41) is 11.1. The maximum atomic E-state index is 10.7. The Bertz CT molecular complexity index is 366. The summed E-state index contributed by atoms with van der Waals surface area (Å²) in [5.74, 6) is -0.973. The highest BCUT2D eigenvalue weighted by Crippen LogP contribution is 2.22. The van der Waals surface area contributed by atoms with Crippen LogP contribution in [0.3, 0.4) is 0 Å². The van der Waals surface area contributed by atoms with Gasteiger partial charge in [-0.3, -0.25) is 0 Å². The number of carboxylic acid groups (broad SMARTS) is 1. The van der Waals surface area contributed by atoms with Crippen molar-refractivity contribution in [2.24, 2.45) is 0 Å². The maximum absolute atomic E-state index is 10.7. The van der Waals surface area contributed by atoms with Crippen LogP contribution in [-0.4, -0.2) is 41.9 Å². The highest BCUT2D eigenvalue weighted by atomic mass is 32.1. The molecular weight excluding hydrogens is 216 g/mol. The number of nitrogens with zero attached hydrogens (tertiary/aromatic N) is 2. The zero-order valence-electron chi connectivity index (χ0n) is 8.34. The van der Waals surface area contributed by atoms with Crippen LogP contribution in [0.4, 0.5) is 5.13 Å². The van der Waals surface area contributed by atoms with E-state index in [1.165, 1.54) is 11.3 Å². The average molecular weight is 228 g/mol. The SMILES string of the molecule is CC1CN(c2nc(C(=O)O)cs2)CCO1. The number of rotatable bonds is 2. The van der Waals surface area contributed by atoms with Crippen LogP contribution < -0.4 is 4.90 Å². The number of aromatic nitrogens is 1. The van der Waals surface area contributed by atoms with Gasteiger partial charge in [-0.25, -0.2) is 9.78 Å². The summed E-state index contributed by atoms with van der Waals surface area (Å²) in [6, 6.07) is 0. The molecule has 1 aromatic heterocycles. The van der Waals surface area contributed by atoms with Crippen LogP contribution in [0.15, 0.2) is 5.38 Å². The molecule has 6 heteroatoms. The molecule has 1 fully saturated rings. The molecule has 0 spiro atoms. The number of thiazole rings is 1. The lowest BCUT2D eigenvalue weighted by Gasteiger charge is -2.30. The van der Waals surface area contributed by atoms with Crippen molar-refractivity contribution in [2.45, 2.75) is 13.0 Å². The molecule has 2 rings (SSSR count). The van der Waals surface area contributed by atoms with Crippen LogP contribution >= 0.6 is 11.3 Å². The molecule has 1 aromatic rings. The van der Waals surface area contributed by atoms with E-state index in [1.54, 1.807) is 5.38 Å². The third-order valence-electron chi connectivity index (χ3n) is 2.22. The maximum Gasteiger partial charge on any atom is 0.355 e. The molecule has 15 heavy (non-hydrogen) atoms. The fourth-order valence-electron chi connectivity index (χ4n) is 1.50. The summed E-state index contributed by atoms with van der Waals surface area (Å²) >= 11 is 1.36. The number of hydrogen-bond donors (Lipinski definition) is 1. The molecule has 1 atom stereocenters. The van der Waals surface area contributed by atoms with Crippen LogP contribution in [-0.2, 0) is 4.74 Å². The summed E-state index contributed by atoms with van der Waals surface area (Å²) in [7, 11) is 0. The van der Waals surface area contributed by atoms with Crippen LogP contribution in [0.2, 0.25) is 0 Å². The summed E-state index contributed by atoms with van der Waals surface area (Å²) in [5.41, 5.74) is 0.120. The number of morpholine rings is 1. The first-order valence-corrected chi connectivity index (χ1v) is 5.60. The summed E-state index contributed by atoms with van der Waals surface area (Å²) in [4.78, 5) is 16.8.